The summed E-state index contributed by atoms with van der Waals surface area (Å²) in [6, 6.07) is -0.536. The van der Waals surface area contributed by atoms with E-state index in [2.05, 4.69) is 19.2 Å². The first-order chi connectivity index (χ1) is 8.96. The summed E-state index contributed by atoms with van der Waals surface area (Å²) in [7, 11) is 0. The second-order valence-electron chi connectivity index (χ2n) is 6.88. The average molecular weight is 264 g/mol. The van der Waals surface area contributed by atoms with Crippen molar-refractivity contribution in [3.63, 3.8) is 0 Å². The molecule has 1 saturated heterocycles. The highest BCUT2D eigenvalue weighted by Crippen LogP contribution is 2.46. The predicted molar refractivity (Wildman–Crippen MR) is 72.4 cm³/mol. The molecule has 106 valence electrons. The summed E-state index contributed by atoms with van der Waals surface area (Å²) in [6.07, 6.45) is 5.22. The van der Waals surface area contributed by atoms with Crippen LogP contribution in [0.5, 0.6) is 0 Å². The highest BCUT2D eigenvalue weighted by atomic mass is 16.2. The third-order valence-electron chi connectivity index (χ3n) is 5.09. The predicted octanol–water partition coefficient (Wildman–Crippen LogP) is 1.69. The van der Waals surface area contributed by atoms with Crippen LogP contribution in [0.1, 0.15) is 52.9 Å². The highest BCUT2D eigenvalue weighted by Gasteiger charge is 2.54. The van der Waals surface area contributed by atoms with Gasteiger partial charge in [-0.15, -0.1) is 0 Å². The van der Waals surface area contributed by atoms with Gasteiger partial charge in [0, 0.05) is 5.54 Å². The molecule has 4 nitrogen and oxygen atoms in total. The van der Waals surface area contributed by atoms with Crippen LogP contribution in [0.4, 0.5) is 0 Å². The molecule has 0 aromatic rings. The number of carbonyl (C=O) groups is 2. The van der Waals surface area contributed by atoms with Crippen molar-refractivity contribution >= 4 is 11.8 Å². The molecular formula is C15H24N2O2. The van der Waals surface area contributed by atoms with Gasteiger partial charge in [0.25, 0.3) is 0 Å². The largest absolute Gasteiger partial charge is 0.342 e. The number of amides is 2. The number of nitrogens with one attached hydrogen (secondary N) is 1. The van der Waals surface area contributed by atoms with Crippen LogP contribution in [0.3, 0.4) is 0 Å². The lowest BCUT2D eigenvalue weighted by atomic mass is 9.89. The summed E-state index contributed by atoms with van der Waals surface area (Å²) >= 11 is 0. The molecule has 1 aliphatic heterocycles. The first kappa shape index (κ1) is 12.9. The lowest BCUT2D eigenvalue weighted by Gasteiger charge is -2.48. The van der Waals surface area contributed by atoms with Crippen molar-refractivity contribution in [3.05, 3.63) is 0 Å². The van der Waals surface area contributed by atoms with Gasteiger partial charge in [-0.05, 0) is 57.8 Å². The number of nitrogens with zero attached hydrogens (tertiary/aromatic N) is 1. The number of hydrogen-bond donors (Lipinski definition) is 1. The van der Waals surface area contributed by atoms with Crippen LogP contribution in [-0.4, -0.2) is 34.3 Å². The molecule has 2 saturated carbocycles. The lowest BCUT2D eigenvalue weighted by molar-refractivity contribution is -0.157. The van der Waals surface area contributed by atoms with Gasteiger partial charge in [0.1, 0.15) is 12.1 Å². The van der Waals surface area contributed by atoms with Gasteiger partial charge in [-0.3, -0.25) is 9.59 Å². The molecule has 0 radical (unpaired) electrons. The maximum Gasteiger partial charge on any atom is 0.246 e. The number of carbonyl (C=O) groups excluding carboxylic acids is 2. The molecule has 0 aromatic carbocycles. The maximum absolute atomic E-state index is 12.8. The van der Waals surface area contributed by atoms with Crippen molar-refractivity contribution in [2.75, 3.05) is 0 Å². The summed E-state index contributed by atoms with van der Waals surface area (Å²) < 4.78 is 0. The fraction of sp³-hybridized carbons (Fsp3) is 0.867. The summed E-state index contributed by atoms with van der Waals surface area (Å²) in [5, 5.41) is 2.96. The van der Waals surface area contributed by atoms with Crippen LogP contribution in [-0.2, 0) is 9.59 Å². The Balaban J connectivity index is 1.90. The van der Waals surface area contributed by atoms with Crippen LogP contribution in [0, 0.1) is 11.8 Å². The van der Waals surface area contributed by atoms with Crippen molar-refractivity contribution in [1.29, 1.82) is 0 Å². The Morgan fingerprint density at radius 2 is 1.84 bits per heavy atom. The maximum atomic E-state index is 12.8. The quantitative estimate of drug-likeness (QED) is 0.840. The number of piperazine rings is 1. The molecule has 2 atom stereocenters. The molecule has 0 aromatic heterocycles. The van der Waals surface area contributed by atoms with Gasteiger partial charge in [-0.1, -0.05) is 6.92 Å². The fourth-order valence-electron chi connectivity index (χ4n) is 3.52. The van der Waals surface area contributed by atoms with Crippen LogP contribution in [0.2, 0.25) is 0 Å². The minimum absolute atomic E-state index is 0.0488. The molecule has 19 heavy (non-hydrogen) atoms. The Labute approximate surface area is 114 Å². The standard InChI is InChI=1S/C15H24N2O2/c1-4-11-13(18)16-12(9-5-6-9)14(19)17(11)15(2,3)10-7-8-10/h9-12H,4-8H2,1-3H3,(H,16,18). The van der Waals surface area contributed by atoms with E-state index in [1.54, 1.807) is 0 Å². The Bertz CT molecular complexity index is 410. The van der Waals surface area contributed by atoms with Crippen LogP contribution in [0.25, 0.3) is 0 Å². The van der Waals surface area contributed by atoms with Crippen molar-refractivity contribution in [3.8, 4) is 0 Å². The third-order valence-corrected chi connectivity index (χ3v) is 5.09. The molecular weight excluding hydrogens is 240 g/mol. The Hall–Kier alpha value is -1.06. The lowest BCUT2D eigenvalue weighted by Crippen LogP contribution is -2.69. The van der Waals surface area contributed by atoms with E-state index in [4.69, 9.17) is 0 Å². The fourth-order valence-corrected chi connectivity index (χ4v) is 3.52. The molecule has 3 fully saturated rings. The number of rotatable bonds is 4. The van der Waals surface area contributed by atoms with Gasteiger partial charge in [-0.25, -0.2) is 0 Å². The average Bonchev–Trinajstić information content (AvgIpc) is 3.20. The smallest absolute Gasteiger partial charge is 0.246 e. The Kier molecular flexibility index (Phi) is 2.88. The SMILES string of the molecule is CCC1C(=O)NC(C2CC2)C(=O)N1C(C)(C)C1CC1. The van der Waals surface area contributed by atoms with Crippen LogP contribution >= 0.6 is 0 Å². The van der Waals surface area contributed by atoms with Gasteiger partial charge in [0.15, 0.2) is 0 Å². The first-order valence-corrected chi connectivity index (χ1v) is 7.60. The van der Waals surface area contributed by atoms with E-state index in [1.807, 2.05) is 11.8 Å². The molecule has 3 aliphatic rings. The summed E-state index contributed by atoms with van der Waals surface area (Å²) in [5.74, 6) is 1.15. The molecule has 2 unspecified atom stereocenters. The second kappa shape index (κ2) is 4.22. The topological polar surface area (TPSA) is 49.4 Å². The molecule has 3 rings (SSSR count). The molecule has 0 bridgehead atoms. The van der Waals surface area contributed by atoms with E-state index in [-0.39, 0.29) is 29.4 Å². The van der Waals surface area contributed by atoms with Gasteiger partial charge < -0.3 is 10.2 Å². The zero-order valence-electron chi connectivity index (χ0n) is 12.1. The van der Waals surface area contributed by atoms with Crippen molar-refractivity contribution in [2.45, 2.75) is 70.5 Å². The minimum Gasteiger partial charge on any atom is -0.342 e. The monoisotopic (exact) mass is 264 g/mol. The van der Waals surface area contributed by atoms with Crippen molar-refractivity contribution in [1.82, 2.24) is 10.2 Å². The van der Waals surface area contributed by atoms with E-state index in [0.29, 0.717) is 18.3 Å². The molecule has 1 heterocycles. The van der Waals surface area contributed by atoms with E-state index in [0.717, 1.165) is 12.8 Å². The summed E-state index contributed by atoms with van der Waals surface area (Å²) in [5.41, 5.74) is -0.178. The molecule has 4 heteroatoms. The minimum atomic E-state index is -0.280. The van der Waals surface area contributed by atoms with E-state index in [9.17, 15) is 9.59 Å². The van der Waals surface area contributed by atoms with E-state index >= 15 is 0 Å². The van der Waals surface area contributed by atoms with Gasteiger partial charge >= 0.3 is 0 Å². The third kappa shape index (κ3) is 2.05. The van der Waals surface area contributed by atoms with E-state index < -0.39 is 0 Å². The Morgan fingerprint density at radius 3 is 2.32 bits per heavy atom. The van der Waals surface area contributed by atoms with Crippen molar-refractivity contribution < 1.29 is 9.59 Å². The van der Waals surface area contributed by atoms with Crippen molar-refractivity contribution in [2.24, 2.45) is 11.8 Å². The van der Waals surface area contributed by atoms with Gasteiger partial charge in [0.2, 0.25) is 11.8 Å². The normalized spacial score (nSPS) is 32.5. The van der Waals surface area contributed by atoms with Crippen LogP contribution in [0.15, 0.2) is 0 Å². The first-order valence-electron chi connectivity index (χ1n) is 7.60. The van der Waals surface area contributed by atoms with E-state index in [1.165, 1.54) is 12.8 Å². The molecule has 2 amide bonds. The molecule has 0 spiro atoms. The molecule has 2 aliphatic carbocycles. The highest BCUT2D eigenvalue weighted by molar-refractivity contribution is 5.97. The zero-order valence-corrected chi connectivity index (χ0v) is 12.1. The van der Waals surface area contributed by atoms with Gasteiger partial charge in [-0.2, -0.15) is 0 Å². The Morgan fingerprint density at radius 1 is 1.21 bits per heavy atom. The molecule has 1 N–H and O–H groups in total. The number of hydrogen-bond acceptors (Lipinski definition) is 2. The summed E-state index contributed by atoms with van der Waals surface area (Å²) in [4.78, 5) is 27.0. The zero-order chi connectivity index (χ0) is 13.8. The summed E-state index contributed by atoms with van der Waals surface area (Å²) in [6.45, 7) is 6.26. The van der Waals surface area contributed by atoms with Crippen LogP contribution < -0.4 is 5.32 Å². The van der Waals surface area contributed by atoms with Gasteiger partial charge in [0.05, 0.1) is 0 Å². The second-order valence-corrected chi connectivity index (χ2v) is 6.88.